The van der Waals surface area contributed by atoms with E-state index in [1.54, 1.807) is 4.90 Å². The van der Waals surface area contributed by atoms with Crippen LogP contribution in [-0.4, -0.2) is 53.0 Å². The van der Waals surface area contributed by atoms with E-state index in [1.165, 1.54) is 6.42 Å². The highest BCUT2D eigenvalue weighted by Gasteiger charge is 2.49. The van der Waals surface area contributed by atoms with Crippen molar-refractivity contribution in [3.8, 4) is 6.07 Å². The molecule has 6 nitrogen and oxygen atoms in total. The van der Waals surface area contributed by atoms with Gasteiger partial charge in [-0.05, 0) is 44.9 Å². The number of nitrogens with zero attached hydrogens (tertiary/aromatic N) is 3. The first kappa shape index (κ1) is 16.1. The van der Waals surface area contributed by atoms with Crippen molar-refractivity contribution in [1.82, 2.24) is 15.1 Å². The van der Waals surface area contributed by atoms with Crippen LogP contribution in [0.25, 0.3) is 0 Å². The fraction of sp³-hybridized carbons (Fsp3) is 0.824. The average Bonchev–Trinajstić information content (AvgIpc) is 3.18. The summed E-state index contributed by atoms with van der Waals surface area (Å²) < 4.78 is 0. The maximum atomic E-state index is 13.0. The molecule has 0 aromatic heterocycles. The third kappa shape index (κ3) is 2.89. The number of likely N-dealkylation sites (tertiary alicyclic amines) is 2. The van der Waals surface area contributed by atoms with Gasteiger partial charge in [-0.3, -0.25) is 4.79 Å². The summed E-state index contributed by atoms with van der Waals surface area (Å²) >= 11 is 0. The van der Waals surface area contributed by atoms with Gasteiger partial charge in [0, 0.05) is 19.1 Å². The van der Waals surface area contributed by atoms with E-state index in [1.807, 2.05) is 11.8 Å². The Hall–Kier alpha value is -1.77. The van der Waals surface area contributed by atoms with Crippen LogP contribution in [0.15, 0.2) is 0 Å². The first-order chi connectivity index (χ1) is 11.2. The minimum atomic E-state index is -0.386. The summed E-state index contributed by atoms with van der Waals surface area (Å²) in [6.45, 7) is 3.11. The Morgan fingerprint density at radius 3 is 2.74 bits per heavy atom. The van der Waals surface area contributed by atoms with E-state index in [-0.39, 0.29) is 30.1 Å². The zero-order valence-electron chi connectivity index (χ0n) is 13.8. The SMILES string of the molecule is CCNC(=O)N1C2CCCCC2C[C@@H]1C(=O)N1CCC[C@H]1C#N. The Morgan fingerprint density at radius 1 is 1.22 bits per heavy atom. The molecule has 23 heavy (non-hydrogen) atoms. The highest BCUT2D eigenvalue weighted by Crippen LogP contribution is 2.40. The molecule has 3 rings (SSSR count). The van der Waals surface area contributed by atoms with Gasteiger partial charge in [-0.2, -0.15) is 5.26 Å². The number of nitriles is 1. The number of fused-ring (bicyclic) bond motifs is 1. The summed E-state index contributed by atoms with van der Waals surface area (Å²) in [4.78, 5) is 29.1. The molecule has 2 heterocycles. The number of urea groups is 1. The summed E-state index contributed by atoms with van der Waals surface area (Å²) in [6.07, 6.45) is 6.81. The molecule has 2 unspecified atom stereocenters. The smallest absolute Gasteiger partial charge is 0.318 e. The van der Waals surface area contributed by atoms with Crippen LogP contribution in [0.4, 0.5) is 4.79 Å². The average molecular weight is 318 g/mol. The highest BCUT2D eigenvalue weighted by atomic mass is 16.2. The molecular weight excluding hydrogens is 292 g/mol. The lowest BCUT2D eigenvalue weighted by Gasteiger charge is -2.34. The van der Waals surface area contributed by atoms with Gasteiger partial charge in [0.1, 0.15) is 12.1 Å². The van der Waals surface area contributed by atoms with Crippen molar-refractivity contribution in [3.63, 3.8) is 0 Å². The van der Waals surface area contributed by atoms with E-state index >= 15 is 0 Å². The van der Waals surface area contributed by atoms with Gasteiger partial charge < -0.3 is 15.1 Å². The van der Waals surface area contributed by atoms with Crippen LogP contribution >= 0.6 is 0 Å². The van der Waals surface area contributed by atoms with Crippen LogP contribution in [0.3, 0.4) is 0 Å². The standard InChI is InChI=1S/C17H26N4O2/c1-2-19-17(23)21-14-8-4-3-6-12(14)10-15(21)16(22)20-9-5-7-13(20)11-18/h12-15H,2-10H2,1H3,(H,19,23)/t12?,13-,14?,15+/m0/s1. The molecule has 3 amide bonds. The van der Waals surface area contributed by atoms with Crippen molar-refractivity contribution in [2.45, 2.75) is 70.0 Å². The Kier molecular flexibility index (Phi) is 4.74. The van der Waals surface area contributed by atoms with Crippen LogP contribution in [0, 0.1) is 17.2 Å². The summed E-state index contributed by atoms with van der Waals surface area (Å²) in [5, 5.41) is 12.1. The zero-order chi connectivity index (χ0) is 16.4. The fourth-order valence-electron chi connectivity index (χ4n) is 4.57. The first-order valence-electron chi connectivity index (χ1n) is 8.93. The predicted octanol–water partition coefficient (Wildman–Crippen LogP) is 1.86. The molecule has 0 aromatic carbocycles. The van der Waals surface area contributed by atoms with Crippen molar-refractivity contribution < 1.29 is 9.59 Å². The summed E-state index contributed by atoms with van der Waals surface area (Å²) in [6, 6.07) is 1.60. The molecular formula is C17H26N4O2. The van der Waals surface area contributed by atoms with Crippen LogP contribution in [-0.2, 0) is 4.79 Å². The van der Waals surface area contributed by atoms with E-state index in [9.17, 15) is 14.9 Å². The van der Waals surface area contributed by atoms with E-state index in [4.69, 9.17) is 0 Å². The van der Waals surface area contributed by atoms with Crippen molar-refractivity contribution in [2.75, 3.05) is 13.1 Å². The Bertz CT molecular complexity index is 515. The van der Waals surface area contributed by atoms with Gasteiger partial charge in [-0.15, -0.1) is 0 Å². The molecule has 0 radical (unpaired) electrons. The predicted molar refractivity (Wildman–Crippen MR) is 85.4 cm³/mol. The van der Waals surface area contributed by atoms with E-state index in [0.29, 0.717) is 19.0 Å². The van der Waals surface area contributed by atoms with E-state index in [0.717, 1.165) is 38.5 Å². The lowest BCUT2D eigenvalue weighted by atomic mass is 9.84. The molecule has 4 atom stereocenters. The van der Waals surface area contributed by atoms with Gasteiger partial charge in [0.05, 0.1) is 6.07 Å². The quantitative estimate of drug-likeness (QED) is 0.844. The number of rotatable bonds is 2. The normalized spacial score (nSPS) is 33.2. The molecule has 1 N–H and O–H groups in total. The van der Waals surface area contributed by atoms with Crippen LogP contribution < -0.4 is 5.32 Å². The maximum absolute atomic E-state index is 13.0. The summed E-state index contributed by atoms with van der Waals surface area (Å²) in [7, 11) is 0. The lowest BCUT2D eigenvalue weighted by Crippen LogP contribution is -2.54. The number of hydrogen-bond donors (Lipinski definition) is 1. The molecule has 3 aliphatic rings. The van der Waals surface area contributed by atoms with Crippen LogP contribution in [0.5, 0.6) is 0 Å². The minimum absolute atomic E-state index is 0.0188. The molecule has 0 spiro atoms. The second-order valence-corrected chi connectivity index (χ2v) is 6.92. The highest BCUT2D eigenvalue weighted by molar-refractivity contribution is 5.88. The minimum Gasteiger partial charge on any atom is -0.338 e. The van der Waals surface area contributed by atoms with Crippen molar-refractivity contribution in [3.05, 3.63) is 0 Å². The molecule has 1 saturated carbocycles. The molecule has 1 aliphatic carbocycles. The van der Waals surface area contributed by atoms with Gasteiger partial charge in [0.25, 0.3) is 0 Å². The third-order valence-electron chi connectivity index (χ3n) is 5.62. The Labute approximate surface area is 137 Å². The first-order valence-corrected chi connectivity index (χ1v) is 8.93. The van der Waals surface area contributed by atoms with Gasteiger partial charge in [0.2, 0.25) is 5.91 Å². The van der Waals surface area contributed by atoms with E-state index in [2.05, 4.69) is 11.4 Å². The molecule has 0 bridgehead atoms. The van der Waals surface area contributed by atoms with Crippen molar-refractivity contribution >= 4 is 11.9 Å². The van der Waals surface area contributed by atoms with Gasteiger partial charge in [-0.25, -0.2) is 4.79 Å². The zero-order valence-corrected chi connectivity index (χ0v) is 13.8. The molecule has 2 saturated heterocycles. The number of nitrogens with one attached hydrogen (secondary N) is 1. The van der Waals surface area contributed by atoms with Gasteiger partial charge >= 0.3 is 6.03 Å². The van der Waals surface area contributed by atoms with Gasteiger partial charge in [-0.1, -0.05) is 12.8 Å². The third-order valence-corrected chi connectivity index (χ3v) is 5.62. The molecule has 6 heteroatoms. The number of hydrogen-bond acceptors (Lipinski definition) is 3. The molecule has 2 aliphatic heterocycles. The van der Waals surface area contributed by atoms with Crippen molar-refractivity contribution in [2.24, 2.45) is 5.92 Å². The van der Waals surface area contributed by atoms with E-state index < -0.39 is 0 Å². The topological polar surface area (TPSA) is 76.4 Å². The maximum Gasteiger partial charge on any atom is 0.318 e. The number of carbonyl (C=O) groups excluding carboxylic acids is 2. The second kappa shape index (κ2) is 6.77. The Balaban J connectivity index is 1.82. The van der Waals surface area contributed by atoms with Crippen LogP contribution in [0.2, 0.25) is 0 Å². The monoisotopic (exact) mass is 318 g/mol. The molecule has 3 fully saturated rings. The second-order valence-electron chi connectivity index (χ2n) is 6.92. The fourth-order valence-corrected chi connectivity index (χ4v) is 4.57. The molecule has 126 valence electrons. The Morgan fingerprint density at radius 2 is 2.00 bits per heavy atom. The number of amides is 3. The van der Waals surface area contributed by atoms with Crippen LogP contribution in [0.1, 0.15) is 51.9 Å². The summed E-state index contributed by atoms with van der Waals surface area (Å²) in [5.74, 6) is 0.415. The number of carbonyl (C=O) groups is 2. The largest absolute Gasteiger partial charge is 0.338 e. The molecule has 0 aromatic rings. The lowest BCUT2D eigenvalue weighted by molar-refractivity contribution is -0.135. The summed E-state index contributed by atoms with van der Waals surface area (Å²) in [5.41, 5.74) is 0. The van der Waals surface area contributed by atoms with Gasteiger partial charge in [0.15, 0.2) is 0 Å². The van der Waals surface area contributed by atoms with Crippen molar-refractivity contribution in [1.29, 1.82) is 5.26 Å².